The van der Waals surface area contributed by atoms with Crippen molar-refractivity contribution in [2.24, 2.45) is 11.5 Å². The second-order valence-electron chi connectivity index (χ2n) is 9.93. The molecule has 1 aliphatic rings. The number of primary amides is 1. The molecule has 39 heavy (non-hydrogen) atoms. The summed E-state index contributed by atoms with van der Waals surface area (Å²) in [5.41, 5.74) is 18.3. The van der Waals surface area contributed by atoms with E-state index in [0.29, 0.717) is 28.4 Å². The van der Waals surface area contributed by atoms with Gasteiger partial charge in [-0.05, 0) is 84.5 Å². The third-order valence-corrected chi connectivity index (χ3v) is 7.52. The van der Waals surface area contributed by atoms with E-state index in [1.165, 1.54) is 30.7 Å². The van der Waals surface area contributed by atoms with Crippen molar-refractivity contribution in [2.75, 3.05) is 10.6 Å². The molecule has 8 heteroatoms. The van der Waals surface area contributed by atoms with Gasteiger partial charge in [0, 0.05) is 45.8 Å². The number of H-pyrrole nitrogens is 1. The van der Waals surface area contributed by atoms with E-state index in [2.05, 4.69) is 27.8 Å². The Morgan fingerprint density at radius 2 is 1.77 bits per heavy atom. The number of fused-ring (bicyclic) bond motifs is 3. The molecule has 4 aromatic carbocycles. The minimum Gasteiger partial charge on any atom is -0.382 e. The van der Waals surface area contributed by atoms with E-state index in [-0.39, 0.29) is 12.5 Å². The SMILES string of the molecule is NCc1c(NC(=O)c2ccc(F)cc2)cccc1-c1ccc(C(N)=O)c2[nH]c3cc(NC4CCC4)ccc3c12. The van der Waals surface area contributed by atoms with Crippen molar-refractivity contribution in [3.8, 4) is 11.1 Å². The molecule has 7 N–H and O–H groups in total. The molecule has 1 fully saturated rings. The van der Waals surface area contributed by atoms with Crippen LogP contribution in [0.15, 0.2) is 72.8 Å². The first kappa shape index (κ1) is 24.6. The Hall–Kier alpha value is -4.69. The van der Waals surface area contributed by atoms with Gasteiger partial charge in [-0.1, -0.05) is 24.3 Å². The van der Waals surface area contributed by atoms with Gasteiger partial charge in [0.2, 0.25) is 0 Å². The number of benzene rings is 4. The van der Waals surface area contributed by atoms with Crippen molar-refractivity contribution in [3.63, 3.8) is 0 Å². The van der Waals surface area contributed by atoms with Crippen molar-refractivity contribution < 1.29 is 14.0 Å². The van der Waals surface area contributed by atoms with E-state index >= 15 is 0 Å². The van der Waals surface area contributed by atoms with E-state index < -0.39 is 11.7 Å². The Kier molecular flexibility index (Phi) is 6.24. The highest BCUT2D eigenvalue weighted by Gasteiger charge is 2.21. The van der Waals surface area contributed by atoms with Gasteiger partial charge in [0.25, 0.3) is 11.8 Å². The van der Waals surface area contributed by atoms with E-state index in [1.807, 2.05) is 24.3 Å². The molecule has 7 nitrogen and oxygen atoms in total. The lowest BCUT2D eigenvalue weighted by molar-refractivity contribution is 0.0999. The Morgan fingerprint density at radius 3 is 2.46 bits per heavy atom. The molecule has 0 atom stereocenters. The van der Waals surface area contributed by atoms with Gasteiger partial charge in [0.1, 0.15) is 5.82 Å². The van der Waals surface area contributed by atoms with E-state index in [0.717, 1.165) is 51.5 Å². The van der Waals surface area contributed by atoms with Crippen molar-refractivity contribution in [2.45, 2.75) is 31.8 Å². The number of nitrogens with two attached hydrogens (primary N) is 2. The van der Waals surface area contributed by atoms with Gasteiger partial charge in [-0.2, -0.15) is 0 Å². The summed E-state index contributed by atoms with van der Waals surface area (Å²) in [6, 6.07) is 21.2. The Labute approximate surface area is 224 Å². The molecule has 1 aromatic heterocycles. The summed E-state index contributed by atoms with van der Waals surface area (Å²) in [5.74, 6) is -1.30. The normalized spacial score (nSPS) is 13.4. The van der Waals surface area contributed by atoms with Crippen molar-refractivity contribution in [1.29, 1.82) is 0 Å². The molecule has 0 unspecified atom stereocenters. The topological polar surface area (TPSA) is 126 Å². The van der Waals surface area contributed by atoms with E-state index in [4.69, 9.17) is 11.5 Å². The van der Waals surface area contributed by atoms with Crippen LogP contribution >= 0.6 is 0 Å². The summed E-state index contributed by atoms with van der Waals surface area (Å²) in [5, 5.41) is 8.30. The van der Waals surface area contributed by atoms with Crippen molar-refractivity contribution in [3.05, 3.63) is 95.3 Å². The molecule has 1 heterocycles. The van der Waals surface area contributed by atoms with Crippen LogP contribution < -0.4 is 22.1 Å². The second kappa shape index (κ2) is 9.89. The molecule has 1 aliphatic carbocycles. The largest absolute Gasteiger partial charge is 0.382 e. The molecule has 196 valence electrons. The predicted octanol–water partition coefficient (Wildman–Crippen LogP) is 5.90. The predicted molar refractivity (Wildman–Crippen MR) is 153 cm³/mol. The molecule has 0 aliphatic heterocycles. The highest BCUT2D eigenvalue weighted by molar-refractivity contribution is 6.20. The quantitative estimate of drug-likeness (QED) is 0.183. The fraction of sp³-hybridized carbons (Fsp3) is 0.161. The number of halogens is 1. The summed E-state index contributed by atoms with van der Waals surface area (Å²) in [7, 11) is 0. The molecular formula is C31H28FN5O2. The molecule has 1 saturated carbocycles. The number of hydrogen-bond acceptors (Lipinski definition) is 4. The number of carbonyl (C=O) groups excluding carboxylic acids is 2. The lowest BCUT2D eigenvalue weighted by Gasteiger charge is -2.27. The van der Waals surface area contributed by atoms with Crippen molar-refractivity contribution in [1.82, 2.24) is 4.98 Å². The van der Waals surface area contributed by atoms with E-state index in [9.17, 15) is 14.0 Å². The van der Waals surface area contributed by atoms with Gasteiger partial charge < -0.3 is 27.1 Å². The molecular weight excluding hydrogens is 493 g/mol. The van der Waals surface area contributed by atoms with Crippen molar-refractivity contribution >= 4 is 45.0 Å². The number of nitrogens with one attached hydrogen (secondary N) is 3. The van der Waals surface area contributed by atoms with Gasteiger partial charge in [0.15, 0.2) is 0 Å². The van der Waals surface area contributed by atoms with Crippen LogP contribution in [-0.2, 0) is 6.54 Å². The summed E-state index contributed by atoms with van der Waals surface area (Å²) in [4.78, 5) is 28.7. The molecule has 6 rings (SSSR count). The Morgan fingerprint density at radius 1 is 0.974 bits per heavy atom. The minimum absolute atomic E-state index is 0.159. The highest BCUT2D eigenvalue weighted by atomic mass is 19.1. The first-order valence-electron chi connectivity index (χ1n) is 13.0. The van der Waals surface area contributed by atoms with Crippen LogP contribution in [0.4, 0.5) is 15.8 Å². The van der Waals surface area contributed by atoms with Crippen LogP contribution in [0.1, 0.15) is 45.5 Å². The highest BCUT2D eigenvalue weighted by Crippen LogP contribution is 2.40. The monoisotopic (exact) mass is 521 g/mol. The maximum Gasteiger partial charge on any atom is 0.255 e. The number of hydrogen-bond donors (Lipinski definition) is 5. The maximum atomic E-state index is 13.3. The zero-order valence-corrected chi connectivity index (χ0v) is 21.2. The smallest absolute Gasteiger partial charge is 0.255 e. The number of aromatic amines is 1. The third-order valence-electron chi connectivity index (χ3n) is 7.52. The average Bonchev–Trinajstić information content (AvgIpc) is 3.29. The summed E-state index contributed by atoms with van der Waals surface area (Å²) in [6.45, 7) is 0.159. The van der Waals surface area contributed by atoms with Crippen LogP contribution in [0.2, 0.25) is 0 Å². The van der Waals surface area contributed by atoms with Crippen LogP contribution in [0.5, 0.6) is 0 Å². The fourth-order valence-electron chi connectivity index (χ4n) is 5.29. The van der Waals surface area contributed by atoms with Gasteiger partial charge >= 0.3 is 0 Å². The molecule has 5 aromatic rings. The number of rotatable bonds is 7. The van der Waals surface area contributed by atoms with Gasteiger partial charge in [0.05, 0.1) is 11.1 Å². The number of aromatic nitrogens is 1. The summed E-state index contributed by atoms with van der Waals surface area (Å²) >= 11 is 0. The maximum absolute atomic E-state index is 13.3. The third kappa shape index (κ3) is 4.49. The zero-order chi connectivity index (χ0) is 27.1. The molecule has 2 amide bonds. The summed E-state index contributed by atoms with van der Waals surface area (Å²) < 4.78 is 13.3. The number of amides is 2. The number of anilines is 2. The van der Waals surface area contributed by atoms with Crippen LogP contribution in [-0.4, -0.2) is 22.8 Å². The van der Waals surface area contributed by atoms with Gasteiger partial charge in [-0.3, -0.25) is 9.59 Å². The molecule has 0 radical (unpaired) electrons. The molecule has 0 saturated heterocycles. The Bertz CT molecular complexity index is 1740. The molecule has 0 bridgehead atoms. The lowest BCUT2D eigenvalue weighted by atomic mass is 9.92. The number of carbonyl (C=O) groups is 2. The van der Waals surface area contributed by atoms with Crippen LogP contribution in [0.3, 0.4) is 0 Å². The van der Waals surface area contributed by atoms with Crippen LogP contribution in [0, 0.1) is 5.82 Å². The fourth-order valence-corrected chi connectivity index (χ4v) is 5.29. The average molecular weight is 522 g/mol. The molecule has 0 spiro atoms. The summed E-state index contributed by atoms with van der Waals surface area (Å²) in [6.07, 6.45) is 3.57. The standard InChI is InChI=1S/C31H28FN5O2/c32-18-9-7-17(8-10-18)31(39)37-26-6-2-5-21(25(26)16-33)22-13-14-24(30(34)38)29-28(22)23-12-11-20(15-27(23)36-29)35-19-3-1-4-19/h2,5-15,19,35-36H,1,3-4,16,33H2,(H2,34,38)(H,37,39). The second-order valence-corrected chi connectivity index (χ2v) is 9.93. The first-order chi connectivity index (χ1) is 18.9. The lowest BCUT2D eigenvalue weighted by Crippen LogP contribution is -2.26. The zero-order valence-electron chi connectivity index (χ0n) is 21.2. The Balaban J connectivity index is 1.48. The van der Waals surface area contributed by atoms with Crippen LogP contribution in [0.25, 0.3) is 32.9 Å². The van der Waals surface area contributed by atoms with Gasteiger partial charge in [-0.15, -0.1) is 0 Å². The van der Waals surface area contributed by atoms with Gasteiger partial charge in [-0.25, -0.2) is 4.39 Å². The van der Waals surface area contributed by atoms with E-state index in [1.54, 1.807) is 12.1 Å². The minimum atomic E-state index is -0.523. The first-order valence-corrected chi connectivity index (χ1v) is 13.0.